The molecule has 2 aromatic carbocycles. The van der Waals surface area contributed by atoms with E-state index in [2.05, 4.69) is 30.4 Å². The predicted octanol–water partition coefficient (Wildman–Crippen LogP) is 3.17. The number of methoxy groups -OCH3 is 4. The molecular weight excluding hydrogens is 580 g/mol. The quantitative estimate of drug-likeness (QED) is 0.512. The van der Waals surface area contributed by atoms with Crippen LogP contribution < -0.4 is 22.8 Å². The third-order valence-corrected chi connectivity index (χ3v) is 5.72. The number of carbonyl (C=O) groups is 1. The molecule has 0 bridgehead atoms. The Bertz CT molecular complexity index is 1020. The topological polar surface area (TPSA) is 66.0 Å². The summed E-state index contributed by atoms with van der Waals surface area (Å²) in [4.78, 5) is 12.8. The molecule has 3 rings (SSSR count). The van der Waals surface area contributed by atoms with Gasteiger partial charge in [0.2, 0.25) is 0 Å². The first-order chi connectivity index (χ1) is 14.5. The first-order valence-electron chi connectivity index (χ1n) is 9.39. The Morgan fingerprint density at radius 2 is 1.67 bits per heavy atom. The standard InChI is InChI=1S/C23H24AtNO5/c1-6-7-17-16-12-14(24)8-9-15(16)20(21(25-17)23(26)30-5)13-10-18(27-2)22(29-4)19(11-13)28-3/h7-12,25H,6H2,1-5H3/b17-7+. The van der Waals surface area contributed by atoms with E-state index in [9.17, 15) is 4.79 Å². The van der Waals surface area contributed by atoms with Crippen LogP contribution in [0, 0.1) is 24.7 Å². The molecule has 0 aromatic heterocycles. The molecule has 0 radical (unpaired) electrons. The summed E-state index contributed by atoms with van der Waals surface area (Å²) in [7, 11) is 6.07. The fraction of sp³-hybridized carbons (Fsp3) is 0.261. The Labute approximate surface area is 191 Å². The van der Waals surface area contributed by atoms with Gasteiger partial charge in [-0.1, -0.05) is 0 Å². The Kier molecular flexibility index (Phi) is 7.04. The number of esters is 1. The minimum absolute atomic E-state index is 0.368. The van der Waals surface area contributed by atoms with E-state index in [1.165, 1.54) is 10.4 Å². The molecule has 0 amide bonds. The van der Waals surface area contributed by atoms with Crippen LogP contribution in [0.4, 0.5) is 0 Å². The zero-order valence-electron chi connectivity index (χ0n) is 17.6. The number of hydrogen-bond donors (Lipinski definition) is 1. The maximum atomic E-state index is 12.8. The molecule has 0 atom stereocenters. The predicted molar refractivity (Wildman–Crippen MR) is 112 cm³/mol. The van der Waals surface area contributed by atoms with Crippen molar-refractivity contribution in [3.8, 4) is 17.2 Å². The summed E-state index contributed by atoms with van der Waals surface area (Å²) in [6.45, 7) is 2.06. The van der Waals surface area contributed by atoms with Crippen molar-refractivity contribution in [1.82, 2.24) is 5.32 Å². The average Bonchev–Trinajstić information content (AvgIpc) is 2.77. The number of ether oxygens (including phenoxy) is 4. The van der Waals surface area contributed by atoms with Gasteiger partial charge in [-0.15, -0.1) is 0 Å². The van der Waals surface area contributed by atoms with Gasteiger partial charge < -0.3 is 0 Å². The number of nitrogens with one attached hydrogen (secondary N) is 1. The van der Waals surface area contributed by atoms with Crippen LogP contribution in [0.25, 0.3) is 11.3 Å². The molecule has 1 heterocycles. The third-order valence-electron chi connectivity index (χ3n) is 4.80. The van der Waals surface area contributed by atoms with Gasteiger partial charge in [0.1, 0.15) is 0 Å². The molecule has 0 saturated heterocycles. The Morgan fingerprint density at radius 1 is 1.00 bits per heavy atom. The minimum atomic E-state index is -0.448. The van der Waals surface area contributed by atoms with E-state index in [1.807, 2.05) is 18.2 Å². The molecule has 158 valence electrons. The molecule has 0 spiro atoms. The van der Waals surface area contributed by atoms with Gasteiger partial charge in [-0.05, 0) is 0 Å². The molecule has 1 N–H and O–H groups in total. The zero-order valence-corrected chi connectivity index (χ0v) is 20.5. The Morgan fingerprint density at radius 3 is 2.20 bits per heavy atom. The zero-order chi connectivity index (χ0) is 21.8. The number of rotatable bonds is 6. The molecule has 0 saturated carbocycles. The summed E-state index contributed by atoms with van der Waals surface area (Å²) in [6, 6.07) is 9.90. The number of hydrogen-bond acceptors (Lipinski definition) is 6. The molecule has 6 nitrogen and oxygen atoms in total. The van der Waals surface area contributed by atoms with Crippen LogP contribution in [0.5, 0.6) is 17.2 Å². The summed E-state index contributed by atoms with van der Waals surface area (Å²) in [5, 5.41) is 3.30. The van der Waals surface area contributed by atoms with Crippen LogP contribution in [0.1, 0.15) is 30.0 Å². The van der Waals surface area contributed by atoms with Crippen molar-refractivity contribution in [3.05, 3.63) is 58.8 Å². The van der Waals surface area contributed by atoms with E-state index < -0.39 is 5.97 Å². The second-order valence-electron chi connectivity index (χ2n) is 6.50. The molecule has 2 aromatic rings. The van der Waals surface area contributed by atoms with Crippen molar-refractivity contribution in [2.75, 3.05) is 28.4 Å². The average molecular weight is 604 g/mol. The molecule has 1 aliphatic rings. The van der Waals surface area contributed by atoms with Gasteiger partial charge in [0.25, 0.3) is 0 Å². The van der Waals surface area contributed by atoms with Crippen LogP contribution in [0.2, 0.25) is 0 Å². The monoisotopic (exact) mass is 604 g/mol. The van der Waals surface area contributed by atoms with Crippen molar-refractivity contribution in [2.45, 2.75) is 13.3 Å². The first-order valence-corrected chi connectivity index (χ1v) is 10.9. The van der Waals surface area contributed by atoms with E-state index >= 15 is 0 Å². The normalized spacial score (nSPS) is 14.1. The molecule has 0 fully saturated rings. The van der Waals surface area contributed by atoms with Crippen molar-refractivity contribution in [2.24, 2.45) is 0 Å². The molecule has 1 aliphatic heterocycles. The van der Waals surface area contributed by atoms with Gasteiger partial charge in [0, 0.05) is 0 Å². The van der Waals surface area contributed by atoms with E-state index in [1.54, 1.807) is 46.0 Å². The van der Waals surface area contributed by atoms with Crippen LogP contribution in [-0.2, 0) is 9.53 Å². The van der Waals surface area contributed by atoms with Crippen LogP contribution >= 0.6 is 0 Å². The van der Waals surface area contributed by atoms with Crippen molar-refractivity contribution >= 4 is 20.5 Å². The van der Waals surface area contributed by atoms with Crippen molar-refractivity contribution < 1.29 is 48.5 Å². The second kappa shape index (κ2) is 9.52. The number of fused-ring (bicyclic) bond motifs is 1. The SMILES string of the molecule is CC/C=C1/NC(C(=O)OC)=C(c2cc(OC)c(OC)c(OC)c2)c2ccc([At])cc21. The van der Waals surface area contributed by atoms with E-state index in [0.717, 1.165) is 34.4 Å². The van der Waals surface area contributed by atoms with E-state index in [0.29, 0.717) is 22.9 Å². The summed E-state index contributed by atoms with van der Waals surface area (Å²) in [6.07, 6.45) is 2.90. The Balaban J connectivity index is 2.37. The number of benzene rings is 2. The first kappa shape index (κ1) is 22.2. The van der Waals surface area contributed by atoms with Gasteiger partial charge in [0.15, 0.2) is 0 Å². The van der Waals surface area contributed by atoms with Crippen molar-refractivity contribution in [3.63, 3.8) is 0 Å². The van der Waals surface area contributed by atoms with Gasteiger partial charge >= 0.3 is 192 Å². The third kappa shape index (κ3) is 4.04. The second-order valence-corrected chi connectivity index (χ2v) is 8.19. The molecule has 30 heavy (non-hydrogen) atoms. The summed E-state index contributed by atoms with van der Waals surface area (Å²) in [5.41, 5.74) is 4.70. The summed E-state index contributed by atoms with van der Waals surface area (Å²) < 4.78 is 22.8. The maximum absolute atomic E-state index is 12.8. The molecular formula is C23H24AtNO5. The number of carbonyl (C=O) groups excluding carboxylic acids is 1. The summed E-state index contributed by atoms with van der Waals surface area (Å²) >= 11 is 1.60. The van der Waals surface area contributed by atoms with Crippen LogP contribution in [0.15, 0.2) is 42.1 Å². The van der Waals surface area contributed by atoms with E-state index in [4.69, 9.17) is 18.9 Å². The number of allylic oxidation sites excluding steroid dienone is 1. The van der Waals surface area contributed by atoms with Crippen LogP contribution in [0.3, 0.4) is 0 Å². The molecule has 0 unspecified atom stereocenters. The fourth-order valence-electron chi connectivity index (χ4n) is 3.50. The van der Waals surface area contributed by atoms with Crippen LogP contribution in [-0.4, -0.2) is 34.4 Å². The molecule has 7 heteroatoms. The van der Waals surface area contributed by atoms with Crippen molar-refractivity contribution in [1.29, 1.82) is 0 Å². The summed E-state index contributed by atoms with van der Waals surface area (Å²) in [5.74, 6) is 1.06. The van der Waals surface area contributed by atoms with Gasteiger partial charge in [-0.25, -0.2) is 0 Å². The van der Waals surface area contributed by atoms with Gasteiger partial charge in [0.05, 0.1) is 0 Å². The Hall–Kier alpha value is -2.53. The van der Waals surface area contributed by atoms with E-state index in [-0.39, 0.29) is 0 Å². The van der Waals surface area contributed by atoms with Gasteiger partial charge in [-0.3, -0.25) is 0 Å². The fourth-order valence-corrected chi connectivity index (χ4v) is 4.17. The molecule has 0 aliphatic carbocycles. The van der Waals surface area contributed by atoms with Gasteiger partial charge in [-0.2, -0.15) is 0 Å².